The highest BCUT2D eigenvalue weighted by Crippen LogP contribution is 2.31. The predicted octanol–water partition coefficient (Wildman–Crippen LogP) is 5.00. The first-order valence-electron chi connectivity index (χ1n) is 7.88. The van der Waals surface area contributed by atoms with Crippen molar-refractivity contribution in [2.75, 3.05) is 0 Å². The second-order valence-electron chi connectivity index (χ2n) is 5.97. The summed E-state index contributed by atoms with van der Waals surface area (Å²) in [6.07, 6.45) is -4.64. The summed E-state index contributed by atoms with van der Waals surface area (Å²) in [5.41, 5.74) is -1.07. The summed E-state index contributed by atoms with van der Waals surface area (Å²) < 4.78 is 39.1. The normalized spacial score (nSPS) is 13.8. The summed E-state index contributed by atoms with van der Waals surface area (Å²) in [7, 11) is 0. The van der Waals surface area contributed by atoms with E-state index < -0.39 is 35.2 Å². The van der Waals surface area contributed by atoms with E-state index in [-0.39, 0.29) is 5.78 Å². The molecule has 0 heterocycles. The number of carbonyl (C=O) groups is 2. The lowest BCUT2D eigenvalue weighted by Crippen LogP contribution is -2.40. The Bertz CT molecular complexity index is 803. The Balaban J connectivity index is 2.14. The minimum atomic E-state index is -4.64. The maximum atomic E-state index is 13.0. The maximum absolute atomic E-state index is 13.0. The third-order valence-electron chi connectivity index (χ3n) is 4.13. The fourth-order valence-electron chi connectivity index (χ4n) is 2.44. The minimum absolute atomic E-state index is 0.237. The monoisotopic (exact) mass is 383 g/mol. The molecule has 2 aromatic rings. The summed E-state index contributed by atoms with van der Waals surface area (Å²) in [6, 6.07) is 10.1. The molecule has 0 bridgehead atoms. The van der Waals surface area contributed by atoms with Gasteiger partial charge in [-0.1, -0.05) is 30.7 Å². The van der Waals surface area contributed by atoms with Crippen LogP contribution >= 0.6 is 11.6 Å². The summed E-state index contributed by atoms with van der Waals surface area (Å²) in [5, 5.41) is 2.97. The number of benzene rings is 2. The molecule has 0 aromatic heterocycles. The summed E-state index contributed by atoms with van der Waals surface area (Å²) in [5.74, 6) is -1.74. The zero-order chi connectivity index (χ0) is 19.5. The fourth-order valence-corrected chi connectivity index (χ4v) is 2.57. The van der Waals surface area contributed by atoms with Gasteiger partial charge in [0.05, 0.1) is 11.1 Å². The number of rotatable bonds is 5. The van der Waals surface area contributed by atoms with Crippen LogP contribution in [0.1, 0.15) is 40.1 Å². The molecule has 1 N–H and O–H groups in total. The average molecular weight is 384 g/mol. The van der Waals surface area contributed by atoms with E-state index >= 15 is 0 Å². The summed E-state index contributed by atoms with van der Waals surface area (Å²) in [4.78, 5) is 24.8. The number of hydrogen-bond donors (Lipinski definition) is 1. The lowest BCUT2D eigenvalue weighted by Gasteiger charge is -2.21. The van der Waals surface area contributed by atoms with Crippen molar-refractivity contribution >= 4 is 23.3 Å². The molecule has 0 fully saturated rings. The van der Waals surface area contributed by atoms with Crippen LogP contribution in [0.4, 0.5) is 13.2 Å². The molecule has 2 unspecified atom stereocenters. The average Bonchev–Trinajstić information content (AvgIpc) is 2.60. The number of halogens is 4. The minimum Gasteiger partial charge on any atom is -0.349 e. The SMILES string of the molecule is CC(NC(=O)c1ccccc1C(F)(F)F)C(C)C(=O)c1ccc(Cl)cc1. The van der Waals surface area contributed by atoms with E-state index in [1.807, 2.05) is 0 Å². The van der Waals surface area contributed by atoms with Crippen LogP contribution in [0.2, 0.25) is 5.02 Å². The van der Waals surface area contributed by atoms with Crippen LogP contribution in [0.15, 0.2) is 48.5 Å². The number of Topliss-reactive ketones (excluding diaryl/α,β-unsaturated/α-hetero) is 1. The van der Waals surface area contributed by atoms with Gasteiger partial charge in [-0.05, 0) is 43.3 Å². The number of alkyl halides is 3. The molecule has 1 amide bonds. The van der Waals surface area contributed by atoms with Gasteiger partial charge in [-0.25, -0.2) is 0 Å². The van der Waals surface area contributed by atoms with Crippen molar-refractivity contribution in [2.24, 2.45) is 5.92 Å². The Morgan fingerprint density at radius 3 is 2.15 bits per heavy atom. The summed E-state index contributed by atoms with van der Waals surface area (Å²) >= 11 is 5.79. The van der Waals surface area contributed by atoms with Gasteiger partial charge in [0.25, 0.3) is 5.91 Å². The molecule has 0 radical (unpaired) electrons. The lowest BCUT2D eigenvalue weighted by atomic mass is 9.93. The van der Waals surface area contributed by atoms with E-state index in [9.17, 15) is 22.8 Å². The zero-order valence-corrected chi connectivity index (χ0v) is 14.9. The van der Waals surface area contributed by atoms with Gasteiger partial charge in [0.15, 0.2) is 5.78 Å². The second-order valence-corrected chi connectivity index (χ2v) is 6.40. The Kier molecular flexibility index (Phi) is 6.08. The van der Waals surface area contributed by atoms with Gasteiger partial charge < -0.3 is 5.32 Å². The van der Waals surface area contributed by atoms with Crippen LogP contribution < -0.4 is 5.32 Å². The third kappa shape index (κ3) is 4.64. The number of hydrogen-bond acceptors (Lipinski definition) is 2. The van der Waals surface area contributed by atoms with E-state index in [1.54, 1.807) is 38.1 Å². The highest BCUT2D eigenvalue weighted by Gasteiger charge is 2.35. The molecule has 3 nitrogen and oxygen atoms in total. The van der Waals surface area contributed by atoms with E-state index in [4.69, 9.17) is 11.6 Å². The number of amides is 1. The fraction of sp³-hybridized carbons (Fsp3) is 0.263. The molecular weight excluding hydrogens is 367 g/mol. The largest absolute Gasteiger partial charge is 0.417 e. The molecule has 138 valence electrons. The van der Waals surface area contributed by atoms with Crippen molar-refractivity contribution < 1.29 is 22.8 Å². The topological polar surface area (TPSA) is 46.2 Å². The Hall–Kier alpha value is -2.34. The van der Waals surface area contributed by atoms with Crippen molar-refractivity contribution in [1.29, 1.82) is 0 Å². The van der Waals surface area contributed by atoms with Gasteiger partial charge in [0, 0.05) is 22.5 Å². The highest BCUT2D eigenvalue weighted by atomic mass is 35.5. The van der Waals surface area contributed by atoms with Crippen molar-refractivity contribution in [3.63, 3.8) is 0 Å². The maximum Gasteiger partial charge on any atom is 0.417 e. The molecule has 0 aliphatic rings. The zero-order valence-electron chi connectivity index (χ0n) is 14.1. The van der Waals surface area contributed by atoms with Crippen LogP contribution in [0, 0.1) is 5.92 Å². The van der Waals surface area contributed by atoms with Crippen molar-refractivity contribution in [1.82, 2.24) is 5.32 Å². The molecular formula is C19H17ClF3NO2. The van der Waals surface area contributed by atoms with Gasteiger partial charge in [0.1, 0.15) is 0 Å². The standard InChI is InChI=1S/C19H17ClF3NO2/c1-11(17(25)13-7-9-14(20)10-8-13)12(2)24-18(26)15-5-3-4-6-16(15)19(21,22)23/h3-12H,1-2H3,(H,24,26). The Labute approximate surface area is 154 Å². The number of nitrogens with one attached hydrogen (secondary N) is 1. The number of carbonyl (C=O) groups excluding carboxylic acids is 2. The second kappa shape index (κ2) is 7.91. The van der Waals surface area contributed by atoms with E-state index in [0.717, 1.165) is 12.1 Å². The molecule has 2 rings (SSSR count). The first-order valence-corrected chi connectivity index (χ1v) is 8.26. The lowest BCUT2D eigenvalue weighted by molar-refractivity contribution is -0.137. The Morgan fingerprint density at radius 2 is 1.58 bits per heavy atom. The number of ketones is 1. The molecule has 0 aliphatic heterocycles. The molecule has 7 heteroatoms. The van der Waals surface area contributed by atoms with Gasteiger partial charge in [-0.3, -0.25) is 9.59 Å². The smallest absolute Gasteiger partial charge is 0.349 e. The Morgan fingerprint density at radius 1 is 1.00 bits per heavy atom. The summed E-state index contributed by atoms with van der Waals surface area (Å²) in [6.45, 7) is 3.18. The van der Waals surface area contributed by atoms with Crippen LogP contribution in [-0.2, 0) is 6.18 Å². The molecule has 26 heavy (non-hydrogen) atoms. The van der Waals surface area contributed by atoms with Crippen LogP contribution in [-0.4, -0.2) is 17.7 Å². The molecule has 2 atom stereocenters. The highest BCUT2D eigenvalue weighted by molar-refractivity contribution is 6.30. The van der Waals surface area contributed by atoms with Crippen LogP contribution in [0.3, 0.4) is 0 Å². The molecule has 0 spiro atoms. The van der Waals surface area contributed by atoms with Crippen molar-refractivity contribution in [2.45, 2.75) is 26.1 Å². The van der Waals surface area contributed by atoms with Gasteiger partial charge in [-0.2, -0.15) is 13.2 Å². The molecule has 0 saturated heterocycles. The van der Waals surface area contributed by atoms with E-state index in [0.29, 0.717) is 10.6 Å². The van der Waals surface area contributed by atoms with Crippen LogP contribution in [0.5, 0.6) is 0 Å². The first kappa shape index (κ1) is 20.0. The van der Waals surface area contributed by atoms with Gasteiger partial charge in [0.2, 0.25) is 0 Å². The van der Waals surface area contributed by atoms with Gasteiger partial charge in [-0.15, -0.1) is 0 Å². The van der Waals surface area contributed by atoms with Gasteiger partial charge >= 0.3 is 6.18 Å². The van der Waals surface area contributed by atoms with Crippen molar-refractivity contribution in [3.05, 3.63) is 70.2 Å². The van der Waals surface area contributed by atoms with Crippen LogP contribution in [0.25, 0.3) is 0 Å². The first-order chi connectivity index (χ1) is 12.1. The third-order valence-corrected chi connectivity index (χ3v) is 4.38. The van der Waals surface area contributed by atoms with E-state index in [2.05, 4.69) is 5.32 Å². The molecule has 2 aromatic carbocycles. The molecule has 0 aliphatic carbocycles. The predicted molar refractivity (Wildman–Crippen MR) is 93.3 cm³/mol. The van der Waals surface area contributed by atoms with E-state index in [1.165, 1.54) is 12.1 Å². The quantitative estimate of drug-likeness (QED) is 0.739. The molecule has 0 saturated carbocycles. The van der Waals surface area contributed by atoms with Crippen molar-refractivity contribution in [3.8, 4) is 0 Å².